The van der Waals surface area contributed by atoms with E-state index in [0.717, 1.165) is 11.1 Å². The molecule has 0 aliphatic rings. The second-order valence-corrected chi connectivity index (χ2v) is 8.73. The third kappa shape index (κ3) is 4.31. The molecular formula is C20H26N2O3S. The first kappa shape index (κ1) is 20.1. The summed E-state index contributed by atoms with van der Waals surface area (Å²) in [4.78, 5) is 14.5. The largest absolute Gasteiger partial charge is 0.337 e. The first-order valence-electron chi connectivity index (χ1n) is 8.52. The molecule has 2 aromatic rings. The van der Waals surface area contributed by atoms with Crippen LogP contribution in [0.15, 0.2) is 53.4 Å². The SMILES string of the molecule is Cc1ccccc1CN(C)C(=O)c1cccc(S(=O)(=O)N(C)C(C)C)c1. The molecule has 0 bridgehead atoms. The Labute approximate surface area is 156 Å². The lowest BCUT2D eigenvalue weighted by Crippen LogP contribution is -2.33. The minimum absolute atomic E-state index is 0.129. The molecule has 0 atom stereocenters. The van der Waals surface area contributed by atoms with Crippen molar-refractivity contribution >= 4 is 15.9 Å². The first-order valence-corrected chi connectivity index (χ1v) is 9.96. The maximum atomic E-state index is 12.8. The topological polar surface area (TPSA) is 57.7 Å². The molecule has 0 radical (unpaired) electrons. The Morgan fingerprint density at radius 2 is 1.69 bits per heavy atom. The summed E-state index contributed by atoms with van der Waals surface area (Å²) in [7, 11) is -0.364. The summed E-state index contributed by atoms with van der Waals surface area (Å²) < 4.78 is 26.6. The zero-order chi connectivity index (χ0) is 19.5. The molecule has 0 unspecified atom stereocenters. The van der Waals surface area contributed by atoms with E-state index in [4.69, 9.17) is 0 Å². The van der Waals surface area contributed by atoms with E-state index in [-0.39, 0.29) is 16.8 Å². The number of amides is 1. The summed E-state index contributed by atoms with van der Waals surface area (Å²) in [5.74, 6) is -0.211. The maximum absolute atomic E-state index is 12.8. The van der Waals surface area contributed by atoms with Crippen LogP contribution >= 0.6 is 0 Å². The third-order valence-corrected chi connectivity index (χ3v) is 6.53. The number of hydrogen-bond acceptors (Lipinski definition) is 3. The van der Waals surface area contributed by atoms with Gasteiger partial charge in [-0.05, 0) is 50.1 Å². The van der Waals surface area contributed by atoms with Crippen molar-refractivity contribution in [2.75, 3.05) is 14.1 Å². The van der Waals surface area contributed by atoms with Gasteiger partial charge in [0.15, 0.2) is 0 Å². The van der Waals surface area contributed by atoms with Crippen molar-refractivity contribution in [3.63, 3.8) is 0 Å². The summed E-state index contributed by atoms with van der Waals surface area (Å²) in [6.07, 6.45) is 0. The number of benzene rings is 2. The molecule has 0 aliphatic heterocycles. The van der Waals surface area contributed by atoms with E-state index in [9.17, 15) is 13.2 Å². The van der Waals surface area contributed by atoms with Gasteiger partial charge in [-0.1, -0.05) is 30.3 Å². The van der Waals surface area contributed by atoms with E-state index in [0.29, 0.717) is 12.1 Å². The second-order valence-electron chi connectivity index (χ2n) is 6.73. The van der Waals surface area contributed by atoms with E-state index in [1.807, 2.05) is 45.0 Å². The smallest absolute Gasteiger partial charge is 0.253 e. The van der Waals surface area contributed by atoms with Gasteiger partial charge in [-0.2, -0.15) is 4.31 Å². The average Bonchev–Trinajstić information content (AvgIpc) is 2.62. The Balaban J connectivity index is 2.27. The zero-order valence-corrected chi connectivity index (χ0v) is 16.7. The quantitative estimate of drug-likeness (QED) is 0.779. The number of carbonyl (C=O) groups is 1. The van der Waals surface area contributed by atoms with Crippen molar-refractivity contribution in [1.82, 2.24) is 9.21 Å². The van der Waals surface area contributed by atoms with E-state index in [2.05, 4.69) is 0 Å². The predicted octanol–water partition coefficient (Wildman–Crippen LogP) is 3.30. The summed E-state index contributed by atoms with van der Waals surface area (Å²) in [5, 5.41) is 0. The molecule has 0 saturated carbocycles. The lowest BCUT2D eigenvalue weighted by molar-refractivity contribution is 0.0784. The van der Waals surface area contributed by atoms with Crippen molar-refractivity contribution in [1.29, 1.82) is 0 Å². The molecule has 140 valence electrons. The summed E-state index contributed by atoms with van der Waals surface area (Å²) in [6.45, 7) is 6.09. The van der Waals surface area contributed by atoms with E-state index < -0.39 is 10.0 Å². The predicted molar refractivity (Wildman–Crippen MR) is 104 cm³/mol. The number of nitrogens with zero attached hydrogens (tertiary/aromatic N) is 2. The normalized spacial score (nSPS) is 11.8. The van der Waals surface area contributed by atoms with Crippen LogP contribution < -0.4 is 0 Å². The van der Waals surface area contributed by atoms with Crippen LogP contribution in [0.4, 0.5) is 0 Å². The highest BCUT2D eigenvalue weighted by Gasteiger charge is 2.24. The molecule has 0 aromatic heterocycles. The fourth-order valence-corrected chi connectivity index (χ4v) is 3.98. The molecule has 0 spiro atoms. The minimum atomic E-state index is -3.62. The fourth-order valence-electron chi connectivity index (χ4n) is 2.57. The number of aryl methyl sites for hydroxylation is 1. The highest BCUT2D eigenvalue weighted by molar-refractivity contribution is 7.89. The van der Waals surface area contributed by atoms with E-state index in [1.165, 1.54) is 16.4 Å². The summed E-state index contributed by atoms with van der Waals surface area (Å²) in [5.41, 5.74) is 2.54. The number of hydrogen-bond donors (Lipinski definition) is 0. The van der Waals surface area contributed by atoms with Gasteiger partial charge in [0.1, 0.15) is 0 Å². The Bertz CT molecular complexity index is 891. The van der Waals surface area contributed by atoms with Crippen LogP contribution in [-0.4, -0.2) is 43.7 Å². The van der Waals surface area contributed by atoms with E-state index in [1.54, 1.807) is 31.1 Å². The van der Waals surface area contributed by atoms with Crippen molar-refractivity contribution in [3.05, 3.63) is 65.2 Å². The molecule has 26 heavy (non-hydrogen) atoms. The average molecular weight is 375 g/mol. The molecule has 0 N–H and O–H groups in total. The molecule has 6 heteroatoms. The van der Waals surface area contributed by atoms with Crippen molar-refractivity contribution < 1.29 is 13.2 Å². The van der Waals surface area contributed by atoms with Crippen LogP contribution in [0.5, 0.6) is 0 Å². The van der Waals surface area contributed by atoms with Crippen LogP contribution in [0.25, 0.3) is 0 Å². The fraction of sp³-hybridized carbons (Fsp3) is 0.350. The summed E-state index contributed by atoms with van der Waals surface area (Å²) in [6, 6.07) is 13.9. The highest BCUT2D eigenvalue weighted by atomic mass is 32.2. The Hall–Kier alpha value is -2.18. The van der Waals surface area contributed by atoms with Crippen molar-refractivity contribution in [3.8, 4) is 0 Å². The number of sulfonamides is 1. The maximum Gasteiger partial charge on any atom is 0.253 e. The molecule has 2 aromatic carbocycles. The summed E-state index contributed by atoms with van der Waals surface area (Å²) >= 11 is 0. The monoisotopic (exact) mass is 374 g/mol. The molecule has 0 saturated heterocycles. The molecule has 0 heterocycles. The molecule has 0 fully saturated rings. The van der Waals surface area contributed by atoms with Gasteiger partial charge >= 0.3 is 0 Å². The Morgan fingerprint density at radius 3 is 2.31 bits per heavy atom. The minimum Gasteiger partial charge on any atom is -0.337 e. The van der Waals surface area contributed by atoms with Gasteiger partial charge in [0.25, 0.3) is 5.91 Å². The van der Waals surface area contributed by atoms with Crippen molar-refractivity contribution in [2.24, 2.45) is 0 Å². The van der Waals surface area contributed by atoms with Crippen LogP contribution in [0, 0.1) is 6.92 Å². The van der Waals surface area contributed by atoms with E-state index >= 15 is 0 Å². The third-order valence-electron chi connectivity index (χ3n) is 4.50. The van der Waals surface area contributed by atoms with Crippen LogP contribution in [0.3, 0.4) is 0 Å². The molecule has 1 amide bonds. The Morgan fingerprint density at radius 1 is 1.04 bits per heavy atom. The van der Waals surface area contributed by atoms with Gasteiger partial charge in [0, 0.05) is 32.2 Å². The van der Waals surface area contributed by atoms with Crippen LogP contribution in [0.2, 0.25) is 0 Å². The molecule has 5 nitrogen and oxygen atoms in total. The van der Waals surface area contributed by atoms with Gasteiger partial charge in [0.2, 0.25) is 10.0 Å². The van der Waals surface area contributed by atoms with Gasteiger partial charge in [-0.25, -0.2) is 8.42 Å². The standard InChI is InChI=1S/C20H26N2O3S/c1-15(2)22(5)26(24,25)19-12-8-11-17(13-19)20(23)21(4)14-18-10-7-6-9-16(18)3/h6-13,15H,14H2,1-5H3. The number of carbonyl (C=O) groups excluding carboxylic acids is 1. The molecule has 0 aliphatic carbocycles. The van der Waals surface area contributed by atoms with Gasteiger partial charge in [-0.15, -0.1) is 0 Å². The lowest BCUT2D eigenvalue weighted by Gasteiger charge is -2.22. The van der Waals surface area contributed by atoms with Crippen LogP contribution in [-0.2, 0) is 16.6 Å². The number of rotatable bonds is 6. The highest BCUT2D eigenvalue weighted by Crippen LogP contribution is 2.19. The zero-order valence-electron chi connectivity index (χ0n) is 15.9. The molecule has 2 rings (SSSR count). The first-order chi connectivity index (χ1) is 12.1. The van der Waals surface area contributed by atoms with Crippen molar-refractivity contribution in [2.45, 2.75) is 38.3 Å². The van der Waals surface area contributed by atoms with Gasteiger partial charge in [-0.3, -0.25) is 4.79 Å². The van der Waals surface area contributed by atoms with Gasteiger partial charge in [0.05, 0.1) is 4.90 Å². The second kappa shape index (κ2) is 8.01. The lowest BCUT2D eigenvalue weighted by atomic mass is 10.1. The van der Waals surface area contributed by atoms with Crippen LogP contribution in [0.1, 0.15) is 35.3 Å². The van der Waals surface area contributed by atoms with Gasteiger partial charge < -0.3 is 4.90 Å². The Kier molecular flexibility index (Phi) is 6.21. The molecular weight excluding hydrogens is 348 g/mol.